The van der Waals surface area contributed by atoms with E-state index in [0.717, 1.165) is 48.7 Å². The van der Waals surface area contributed by atoms with E-state index >= 15 is 0 Å². The molecule has 11 heteroatoms. The van der Waals surface area contributed by atoms with Gasteiger partial charge in [-0.2, -0.15) is 18.3 Å². The van der Waals surface area contributed by atoms with E-state index in [2.05, 4.69) is 42.6 Å². The standard InChI is InChI=1S/C22H29F3N8/c1-5-7-33(8-6-27-4)20-11-16-17(12-28-20)13(2)31-32-21(16)29-14(3)18-9-15(26)10-19(30-18)22(23,24)25/h9-12,14,27H,5-8H2,1-4H3,(H2,26,30)(H,29,32)/t14-/m1/s1. The molecule has 0 spiro atoms. The summed E-state index contributed by atoms with van der Waals surface area (Å²) in [7, 11) is 1.90. The van der Waals surface area contributed by atoms with Gasteiger partial charge in [0.15, 0.2) is 5.82 Å². The first-order valence-electron chi connectivity index (χ1n) is 10.8. The first-order valence-corrected chi connectivity index (χ1v) is 10.8. The number of anilines is 3. The average Bonchev–Trinajstić information content (AvgIpc) is 2.77. The summed E-state index contributed by atoms with van der Waals surface area (Å²) in [4.78, 5) is 10.6. The highest BCUT2D eigenvalue weighted by Gasteiger charge is 2.33. The molecule has 0 aliphatic rings. The number of hydrogen-bond acceptors (Lipinski definition) is 8. The number of pyridine rings is 2. The predicted molar refractivity (Wildman–Crippen MR) is 124 cm³/mol. The summed E-state index contributed by atoms with van der Waals surface area (Å²) < 4.78 is 39.6. The molecule has 0 unspecified atom stereocenters. The van der Waals surface area contributed by atoms with Crippen LogP contribution in [0.25, 0.3) is 10.8 Å². The number of fused-ring (bicyclic) bond motifs is 1. The molecule has 3 aromatic rings. The van der Waals surface area contributed by atoms with Gasteiger partial charge in [-0.3, -0.25) is 0 Å². The maximum Gasteiger partial charge on any atom is 0.433 e. The summed E-state index contributed by atoms with van der Waals surface area (Å²) in [5.41, 5.74) is 5.54. The second-order valence-corrected chi connectivity index (χ2v) is 7.89. The zero-order valence-electron chi connectivity index (χ0n) is 19.2. The number of rotatable bonds is 9. The molecular weight excluding hydrogens is 433 g/mol. The second kappa shape index (κ2) is 10.2. The minimum atomic E-state index is -4.59. The van der Waals surface area contributed by atoms with E-state index in [-0.39, 0.29) is 11.4 Å². The van der Waals surface area contributed by atoms with Crippen molar-refractivity contribution in [2.24, 2.45) is 0 Å². The van der Waals surface area contributed by atoms with Crippen LogP contribution in [-0.2, 0) is 6.18 Å². The third-order valence-electron chi connectivity index (χ3n) is 5.24. The zero-order valence-corrected chi connectivity index (χ0v) is 19.2. The molecule has 0 amide bonds. The molecule has 33 heavy (non-hydrogen) atoms. The number of aromatic nitrogens is 4. The van der Waals surface area contributed by atoms with Crippen molar-refractivity contribution in [2.45, 2.75) is 39.4 Å². The Morgan fingerprint density at radius 2 is 1.88 bits per heavy atom. The van der Waals surface area contributed by atoms with Crippen molar-refractivity contribution in [2.75, 3.05) is 42.6 Å². The number of likely N-dealkylation sites (N-methyl/N-ethyl adjacent to an activating group) is 1. The fourth-order valence-corrected chi connectivity index (χ4v) is 3.52. The fourth-order valence-electron chi connectivity index (χ4n) is 3.52. The van der Waals surface area contributed by atoms with E-state index in [4.69, 9.17) is 5.73 Å². The molecule has 0 aliphatic heterocycles. The Bertz CT molecular complexity index is 1100. The van der Waals surface area contributed by atoms with E-state index in [1.807, 2.05) is 20.0 Å². The quantitative estimate of drug-likeness (QED) is 0.439. The van der Waals surface area contributed by atoms with Gasteiger partial charge in [-0.05, 0) is 45.5 Å². The lowest BCUT2D eigenvalue weighted by Crippen LogP contribution is -2.32. The van der Waals surface area contributed by atoms with Crippen LogP contribution >= 0.6 is 0 Å². The molecule has 8 nitrogen and oxygen atoms in total. The molecule has 0 fully saturated rings. The minimum Gasteiger partial charge on any atom is -0.399 e. The Morgan fingerprint density at radius 3 is 2.55 bits per heavy atom. The zero-order chi connectivity index (χ0) is 24.2. The summed E-state index contributed by atoms with van der Waals surface area (Å²) >= 11 is 0. The maximum absolute atomic E-state index is 13.2. The summed E-state index contributed by atoms with van der Waals surface area (Å²) in [5.74, 6) is 1.23. The van der Waals surface area contributed by atoms with E-state index < -0.39 is 17.9 Å². The topological polar surface area (TPSA) is 105 Å². The van der Waals surface area contributed by atoms with Crippen LogP contribution in [0, 0.1) is 6.92 Å². The van der Waals surface area contributed by atoms with Gasteiger partial charge in [0, 0.05) is 42.3 Å². The van der Waals surface area contributed by atoms with E-state index in [1.54, 1.807) is 13.1 Å². The molecule has 3 heterocycles. The molecule has 4 N–H and O–H groups in total. The molecule has 3 rings (SSSR count). The molecule has 3 aromatic heterocycles. The highest BCUT2D eigenvalue weighted by molar-refractivity contribution is 5.94. The van der Waals surface area contributed by atoms with Gasteiger partial charge in [-0.1, -0.05) is 6.92 Å². The minimum absolute atomic E-state index is 0.00736. The smallest absolute Gasteiger partial charge is 0.399 e. The number of nitrogens with zero attached hydrogens (tertiary/aromatic N) is 5. The van der Waals surface area contributed by atoms with Crippen LogP contribution in [0.15, 0.2) is 24.4 Å². The highest BCUT2D eigenvalue weighted by Crippen LogP contribution is 2.32. The summed E-state index contributed by atoms with van der Waals surface area (Å²) in [6.45, 7) is 8.07. The highest BCUT2D eigenvalue weighted by atomic mass is 19.4. The van der Waals surface area contributed by atoms with Gasteiger partial charge in [0.2, 0.25) is 0 Å². The Morgan fingerprint density at radius 1 is 1.12 bits per heavy atom. The van der Waals surface area contributed by atoms with Crippen LogP contribution in [0.4, 0.5) is 30.5 Å². The molecule has 0 saturated carbocycles. The first kappa shape index (κ1) is 24.4. The fraction of sp³-hybridized carbons (Fsp3) is 0.455. The Labute approximate surface area is 190 Å². The van der Waals surface area contributed by atoms with Crippen molar-refractivity contribution >= 4 is 28.1 Å². The van der Waals surface area contributed by atoms with Crippen LogP contribution in [0.2, 0.25) is 0 Å². The van der Waals surface area contributed by atoms with Gasteiger partial charge in [0.1, 0.15) is 11.5 Å². The normalized spacial score (nSPS) is 12.7. The van der Waals surface area contributed by atoms with Crippen molar-refractivity contribution in [1.82, 2.24) is 25.5 Å². The first-order chi connectivity index (χ1) is 15.6. The van der Waals surface area contributed by atoms with Crippen LogP contribution in [0.5, 0.6) is 0 Å². The van der Waals surface area contributed by atoms with Gasteiger partial charge in [0.05, 0.1) is 17.4 Å². The Kier molecular flexibility index (Phi) is 7.52. The molecule has 1 atom stereocenters. The van der Waals surface area contributed by atoms with Crippen LogP contribution in [0.3, 0.4) is 0 Å². The van der Waals surface area contributed by atoms with Gasteiger partial charge in [-0.15, -0.1) is 5.10 Å². The molecule has 0 aromatic carbocycles. The largest absolute Gasteiger partial charge is 0.433 e. The monoisotopic (exact) mass is 462 g/mol. The molecule has 0 aliphatic carbocycles. The third kappa shape index (κ3) is 5.78. The Hall–Kier alpha value is -3.21. The third-order valence-corrected chi connectivity index (χ3v) is 5.24. The number of nitrogens with one attached hydrogen (secondary N) is 2. The molecule has 0 bridgehead atoms. The maximum atomic E-state index is 13.2. The summed E-state index contributed by atoms with van der Waals surface area (Å²) in [6, 6.07) is 3.58. The van der Waals surface area contributed by atoms with Crippen LogP contribution < -0.4 is 21.3 Å². The van der Waals surface area contributed by atoms with Gasteiger partial charge >= 0.3 is 6.18 Å². The average molecular weight is 463 g/mol. The summed E-state index contributed by atoms with van der Waals surface area (Å²) in [5, 5.41) is 16.4. The van der Waals surface area contributed by atoms with Gasteiger partial charge < -0.3 is 21.3 Å². The molecule has 0 radical (unpaired) electrons. The van der Waals surface area contributed by atoms with E-state index in [0.29, 0.717) is 11.5 Å². The van der Waals surface area contributed by atoms with Crippen molar-refractivity contribution in [3.05, 3.63) is 41.5 Å². The van der Waals surface area contributed by atoms with E-state index in [9.17, 15) is 13.2 Å². The van der Waals surface area contributed by atoms with Gasteiger partial charge in [-0.25, -0.2) is 9.97 Å². The van der Waals surface area contributed by atoms with Gasteiger partial charge in [0.25, 0.3) is 0 Å². The van der Waals surface area contributed by atoms with E-state index in [1.165, 1.54) is 6.07 Å². The lowest BCUT2D eigenvalue weighted by Gasteiger charge is -2.24. The number of aryl methyl sites for hydroxylation is 1. The number of alkyl halides is 3. The lowest BCUT2D eigenvalue weighted by atomic mass is 10.1. The van der Waals surface area contributed by atoms with Crippen molar-refractivity contribution in [3.8, 4) is 0 Å². The lowest BCUT2D eigenvalue weighted by molar-refractivity contribution is -0.141. The number of hydrogen-bond donors (Lipinski definition) is 3. The number of nitrogen functional groups attached to an aromatic ring is 1. The second-order valence-electron chi connectivity index (χ2n) is 7.89. The molecular formula is C22H29F3N8. The molecule has 178 valence electrons. The number of halogens is 3. The SMILES string of the molecule is CCCN(CCNC)c1cc2c(N[C@H](C)c3cc(N)cc(C(F)(F)F)n3)nnc(C)c2cn1. The predicted octanol–water partition coefficient (Wildman–Crippen LogP) is 3.94. The summed E-state index contributed by atoms with van der Waals surface area (Å²) in [6.07, 6.45) is -1.87. The molecule has 0 saturated heterocycles. The van der Waals surface area contributed by atoms with Crippen molar-refractivity contribution < 1.29 is 13.2 Å². The van der Waals surface area contributed by atoms with Crippen LogP contribution in [-0.4, -0.2) is 46.8 Å². The van der Waals surface area contributed by atoms with Crippen LogP contribution in [0.1, 0.15) is 43.4 Å². The number of nitrogens with two attached hydrogens (primary N) is 1. The van der Waals surface area contributed by atoms with Crippen molar-refractivity contribution in [1.29, 1.82) is 0 Å². The van der Waals surface area contributed by atoms with Crippen molar-refractivity contribution in [3.63, 3.8) is 0 Å². The Balaban J connectivity index is 1.99.